The molecule has 0 saturated heterocycles. The van der Waals surface area contributed by atoms with Crippen LogP contribution in [0.1, 0.15) is 0 Å². The van der Waals surface area contributed by atoms with Gasteiger partial charge < -0.3 is 13.9 Å². The van der Waals surface area contributed by atoms with E-state index in [1.165, 1.54) is 66.1 Å². The summed E-state index contributed by atoms with van der Waals surface area (Å²) in [4.78, 5) is 28.6. The predicted octanol–water partition coefficient (Wildman–Crippen LogP) is 22.4. The fourth-order valence-corrected chi connectivity index (χ4v) is 11.8. The first-order valence-electron chi connectivity index (χ1n) is 31.1. The number of para-hydroxylation sites is 7. The average molecular weight is 1410 g/mol. The molecule has 5 aromatic heterocycles. The van der Waals surface area contributed by atoms with Crippen LogP contribution < -0.4 is 4.90 Å². The van der Waals surface area contributed by atoms with Crippen molar-refractivity contribution in [2.24, 2.45) is 0 Å². The van der Waals surface area contributed by atoms with Gasteiger partial charge in [0, 0.05) is 119 Å². The number of rotatable bonds is 7. The van der Waals surface area contributed by atoms with Gasteiger partial charge in [0.2, 0.25) is 0 Å². The summed E-state index contributed by atoms with van der Waals surface area (Å²) in [5.41, 5.74) is 17.6. The second kappa shape index (κ2) is 32.6. The maximum atomic E-state index is 5.91. The summed E-state index contributed by atoms with van der Waals surface area (Å²) < 4.78 is 8.24. The van der Waals surface area contributed by atoms with Crippen molar-refractivity contribution >= 4 is 111 Å². The second-order valence-corrected chi connectivity index (χ2v) is 21.8. The summed E-state index contributed by atoms with van der Waals surface area (Å²) in [5.74, 6) is 0. The molecule has 2 unspecified atom stereocenters. The molecule has 0 N–H and O–H groups in total. The van der Waals surface area contributed by atoms with Crippen LogP contribution in [0.2, 0.25) is 0 Å². The number of nitrogens with zero attached hydrogens (tertiary/aromatic N) is 8. The topological polar surface area (TPSA) is 98.6 Å². The molecule has 0 spiro atoms. The van der Waals surface area contributed by atoms with Gasteiger partial charge in [0.05, 0.1) is 33.5 Å². The SMILES string of the molecule is PP.[Pm].c1ccc(-c2cc(-c3ccccc3)ncn2)cc1.c1ccc(-c2ncnc3c2oc2ccccc23)cc1.c1ccc(-n2c3ccccc3c3ccccc32)cc1.c1ccc(N(c2ccccc2)c2ccccc2)cc1.c1ccc2c(c1)c1ccccc1c1nccnc21. The number of fused-ring (bicyclic) bond motifs is 12. The van der Waals surface area contributed by atoms with E-state index in [0.717, 1.165) is 66.9 Å². The quantitative estimate of drug-likeness (QED) is 0.115. The van der Waals surface area contributed by atoms with Crippen molar-refractivity contribution < 1.29 is 44.8 Å². The first-order valence-corrected chi connectivity index (χ1v) is 33.8. The molecule has 18 rings (SSSR count). The van der Waals surface area contributed by atoms with Gasteiger partial charge in [-0.1, -0.05) is 261 Å². The summed E-state index contributed by atoms with van der Waals surface area (Å²) in [6.07, 6.45) is 6.71. The third-order valence-electron chi connectivity index (χ3n) is 16.0. The third-order valence-corrected chi connectivity index (χ3v) is 16.0. The number of benzene rings is 13. The molecule has 18 aromatic rings. The van der Waals surface area contributed by atoms with Gasteiger partial charge in [-0.15, -0.1) is 17.9 Å². The van der Waals surface area contributed by atoms with Crippen LogP contribution >= 0.6 is 17.9 Å². The normalized spacial score (nSPS) is 10.5. The first-order chi connectivity index (χ1) is 47.2. The zero-order valence-electron chi connectivity index (χ0n) is 52.2. The van der Waals surface area contributed by atoms with Gasteiger partial charge in [-0.3, -0.25) is 9.97 Å². The van der Waals surface area contributed by atoms with E-state index in [9.17, 15) is 0 Å². The Morgan fingerprint density at radius 3 is 1.08 bits per heavy atom. The van der Waals surface area contributed by atoms with Gasteiger partial charge in [-0.25, -0.2) is 19.9 Å². The molecule has 1 radical (unpaired) electrons. The van der Waals surface area contributed by atoms with Gasteiger partial charge in [0.25, 0.3) is 0 Å². The van der Waals surface area contributed by atoms with E-state index in [0.29, 0.717) is 0 Å². The maximum absolute atomic E-state index is 5.91. The molecule has 0 amide bonds. The Balaban J connectivity index is 0.000000114. The number of aromatic nitrogens is 7. The molecule has 13 aromatic carbocycles. The van der Waals surface area contributed by atoms with Crippen LogP contribution in [-0.4, -0.2) is 34.5 Å². The summed E-state index contributed by atoms with van der Waals surface area (Å²) in [6, 6.07) is 116. The molecule has 0 bridgehead atoms. The van der Waals surface area contributed by atoms with Crippen LogP contribution in [-0.2, 0) is 0 Å². The molecular weight excluding hydrogens is 1340 g/mol. The zero-order chi connectivity index (χ0) is 64.4. The molecule has 9 nitrogen and oxygen atoms in total. The van der Waals surface area contributed by atoms with Crippen molar-refractivity contribution in [3.05, 3.63) is 365 Å². The number of hydrogen-bond acceptors (Lipinski definition) is 8. The number of hydrogen-bond donors (Lipinski definition) is 0. The van der Waals surface area contributed by atoms with Crippen molar-refractivity contribution in [2.45, 2.75) is 0 Å². The minimum atomic E-state index is 0. The van der Waals surface area contributed by atoms with E-state index in [1.807, 2.05) is 127 Å². The van der Waals surface area contributed by atoms with Crippen LogP contribution in [0.3, 0.4) is 0 Å². The van der Waals surface area contributed by atoms with E-state index in [4.69, 9.17) is 4.42 Å². The molecule has 0 saturated carbocycles. The monoisotopic (exact) mass is 1410 g/mol. The molecule has 0 fully saturated rings. The van der Waals surface area contributed by atoms with E-state index < -0.39 is 0 Å². The van der Waals surface area contributed by atoms with Crippen molar-refractivity contribution in [1.82, 2.24) is 34.5 Å². The largest absolute Gasteiger partial charge is 0.452 e. The van der Waals surface area contributed by atoms with Crippen molar-refractivity contribution in [1.29, 1.82) is 0 Å². The van der Waals surface area contributed by atoms with Gasteiger partial charge in [0.1, 0.15) is 29.4 Å². The number of furan rings is 1. The fourth-order valence-electron chi connectivity index (χ4n) is 11.8. The Kier molecular flexibility index (Phi) is 22.2. The fraction of sp³-hybridized carbons (Fsp3) is 0. The van der Waals surface area contributed by atoms with E-state index >= 15 is 0 Å². The average Bonchev–Trinajstić information content (AvgIpc) is 1.60. The smallest absolute Gasteiger partial charge is 0.180 e. The predicted molar refractivity (Wildman–Crippen MR) is 404 cm³/mol. The third kappa shape index (κ3) is 14.9. The van der Waals surface area contributed by atoms with Gasteiger partial charge >= 0.3 is 0 Å². The first kappa shape index (κ1) is 65.5. The molecule has 5 heterocycles. The van der Waals surface area contributed by atoms with Crippen LogP contribution in [0, 0.1) is 40.4 Å². The van der Waals surface area contributed by atoms with Crippen molar-refractivity contribution in [3.63, 3.8) is 0 Å². The Labute approximate surface area is 594 Å². The van der Waals surface area contributed by atoms with Gasteiger partial charge in [-0.05, 0) is 89.6 Å². The summed E-state index contributed by atoms with van der Waals surface area (Å²) >= 11 is 0. The number of anilines is 3. The zero-order valence-corrected chi connectivity index (χ0v) is 57.4. The molecule has 96 heavy (non-hydrogen) atoms. The molecule has 0 aliphatic heterocycles. The van der Waals surface area contributed by atoms with Crippen LogP contribution in [0.4, 0.5) is 17.1 Å². The molecule has 461 valence electrons. The minimum absolute atomic E-state index is 0. The van der Waals surface area contributed by atoms with E-state index in [2.05, 4.69) is 270 Å². The standard InChI is InChI=1S/C18H13N.C18H15N.C16H10N2O.C16H10N2.C16H12N2.H4P2.Pm/c1-2-8-14(9-3-1)19-17-12-6-4-10-15(17)16-11-5-7-13-18(16)19;1-4-10-16(11-5-1)19(17-12-6-2-7-13-17)18-14-8-3-9-15-18;1-2-6-11(7-3-1)14-16-15(18-10-17-14)12-8-4-5-9-13(12)19-16;1-3-7-13-11(5-1)12-6-2-4-8-14(12)16-15(13)17-9-10-18-16;1-3-7-13(8-4-1)15-11-16(18-12-17-15)14-9-5-2-6-10-14;1-2;/h1-13H;1-15H;1-10H;1-10H;1-12H;1-2H2;. The Bertz CT molecular complexity index is 5040. The molecule has 2 atom stereocenters. The molecule has 0 aliphatic rings. The van der Waals surface area contributed by atoms with Crippen LogP contribution in [0.25, 0.3) is 116 Å². The second-order valence-electron chi connectivity index (χ2n) is 21.8. The van der Waals surface area contributed by atoms with Crippen molar-refractivity contribution in [2.75, 3.05) is 4.90 Å². The Morgan fingerprint density at radius 1 is 0.292 bits per heavy atom. The van der Waals surface area contributed by atoms with Gasteiger partial charge in [-0.2, -0.15) is 0 Å². The summed E-state index contributed by atoms with van der Waals surface area (Å²) in [6.45, 7) is 0. The van der Waals surface area contributed by atoms with Crippen molar-refractivity contribution in [3.8, 4) is 39.5 Å². The van der Waals surface area contributed by atoms with Gasteiger partial charge in [0.15, 0.2) is 5.58 Å². The summed E-state index contributed by atoms with van der Waals surface area (Å²) in [7, 11) is 4.67. The Hall–Kier alpha value is -10.5. The molecular formula is C84H64N8OP2Pm. The van der Waals surface area contributed by atoms with E-state index in [-0.39, 0.29) is 40.4 Å². The summed E-state index contributed by atoms with van der Waals surface area (Å²) in [5, 5.41) is 8.45. The minimum Gasteiger partial charge on any atom is -0.452 e. The van der Waals surface area contributed by atoms with E-state index in [1.54, 1.807) is 25.0 Å². The molecule has 0 aliphatic carbocycles. The van der Waals surface area contributed by atoms with Crippen LogP contribution in [0.5, 0.6) is 0 Å². The Morgan fingerprint density at radius 2 is 0.635 bits per heavy atom. The maximum Gasteiger partial charge on any atom is 0.180 e. The molecule has 12 heteroatoms. The van der Waals surface area contributed by atoms with Crippen LogP contribution in [0.15, 0.2) is 369 Å².